The van der Waals surface area contributed by atoms with E-state index in [-0.39, 0.29) is 43.1 Å². The number of cyclic esters (lactones) is 1. The molecule has 2 N–H and O–H groups in total. The van der Waals surface area contributed by atoms with Crippen molar-refractivity contribution in [2.75, 3.05) is 26.3 Å². The summed E-state index contributed by atoms with van der Waals surface area (Å²) in [6.45, 7) is 12.8. The van der Waals surface area contributed by atoms with E-state index >= 15 is 0 Å². The van der Waals surface area contributed by atoms with Crippen LogP contribution in [0.3, 0.4) is 0 Å². The molecule has 0 saturated heterocycles. The topological polar surface area (TPSA) is 129 Å². The third-order valence-electron chi connectivity index (χ3n) is 7.88. The highest BCUT2D eigenvalue weighted by atomic mass is 16.6. The highest BCUT2D eigenvalue weighted by Gasteiger charge is 2.50. The summed E-state index contributed by atoms with van der Waals surface area (Å²) in [5.74, 6) is -1.52. The Morgan fingerprint density at radius 2 is 2.02 bits per heavy atom. The van der Waals surface area contributed by atoms with E-state index in [1.54, 1.807) is 23.6 Å². The number of allylic oxidation sites excluding steroid dienone is 1. The van der Waals surface area contributed by atoms with Crippen LogP contribution in [-0.4, -0.2) is 52.9 Å². The van der Waals surface area contributed by atoms with Gasteiger partial charge in [0.1, 0.15) is 19.0 Å². The number of aliphatic hydroxyl groups excluding tert-OH is 1. The lowest BCUT2D eigenvalue weighted by Gasteiger charge is -2.35. The maximum atomic E-state index is 13.8. The summed E-state index contributed by atoms with van der Waals surface area (Å²) in [6.07, 6.45) is 7.51. The van der Waals surface area contributed by atoms with Crippen molar-refractivity contribution in [1.29, 1.82) is 0 Å². The van der Waals surface area contributed by atoms with E-state index in [0.717, 1.165) is 42.2 Å². The largest absolute Gasteiger partial charge is 0.509 e. The zero-order chi connectivity index (χ0) is 30.4. The molecular formula is C32H41N3O7. The van der Waals surface area contributed by atoms with Crippen molar-refractivity contribution >= 4 is 24.1 Å². The molecule has 10 nitrogen and oxygen atoms in total. The number of aromatic nitrogens is 2. The highest BCUT2D eigenvalue weighted by molar-refractivity contribution is 5.87. The van der Waals surface area contributed by atoms with Crippen LogP contribution in [0.15, 0.2) is 23.2 Å². The van der Waals surface area contributed by atoms with Crippen LogP contribution < -0.4 is 21.4 Å². The number of fused-ring (bicyclic) bond motifs is 4. The third-order valence-corrected chi connectivity index (χ3v) is 7.88. The van der Waals surface area contributed by atoms with E-state index in [2.05, 4.69) is 18.8 Å². The van der Waals surface area contributed by atoms with Gasteiger partial charge in [0.05, 0.1) is 35.5 Å². The molecule has 0 saturated carbocycles. The van der Waals surface area contributed by atoms with Gasteiger partial charge < -0.3 is 29.2 Å². The predicted octanol–water partition coefficient (Wildman–Crippen LogP) is 2.49. The Morgan fingerprint density at radius 1 is 1.24 bits per heavy atom. The fourth-order valence-electron chi connectivity index (χ4n) is 5.76. The van der Waals surface area contributed by atoms with Crippen LogP contribution in [0.2, 0.25) is 0 Å². The molecule has 226 valence electrons. The van der Waals surface area contributed by atoms with E-state index in [1.807, 2.05) is 19.9 Å². The van der Waals surface area contributed by atoms with Crippen molar-refractivity contribution < 1.29 is 28.9 Å². The predicted molar refractivity (Wildman–Crippen MR) is 159 cm³/mol. The van der Waals surface area contributed by atoms with Gasteiger partial charge in [-0.05, 0) is 50.4 Å². The lowest BCUT2D eigenvalue weighted by Crippen LogP contribution is -2.48. The normalized spacial score (nSPS) is 18.0. The van der Waals surface area contributed by atoms with Crippen LogP contribution >= 0.6 is 0 Å². The van der Waals surface area contributed by atoms with E-state index < -0.39 is 17.5 Å². The number of nitrogens with zero attached hydrogens (tertiary/aromatic N) is 2. The molecule has 2 aliphatic heterocycles. The molecular weight excluding hydrogens is 538 g/mol. The second-order valence-electron chi connectivity index (χ2n) is 10.5. The van der Waals surface area contributed by atoms with Crippen molar-refractivity contribution in [3.63, 3.8) is 0 Å². The van der Waals surface area contributed by atoms with Crippen LogP contribution in [0.4, 0.5) is 0 Å². The molecule has 0 spiro atoms. The lowest BCUT2D eigenvalue weighted by molar-refractivity contribution is -0.191. The fraction of sp³-hybridized carbons (Fsp3) is 0.500. The van der Waals surface area contributed by atoms with Gasteiger partial charge in [0.2, 0.25) is 5.60 Å². The number of pyridine rings is 2. The SMILES string of the molecule is C=C(O)/C=c1/c(CC)c2c(n/c1=C/C)-c1cc3c(c(=O)n1C2)COC(=O)[C@@]3(CC)OC(=O)COCCNCCCCC. The first-order valence-electron chi connectivity index (χ1n) is 14.7. The summed E-state index contributed by atoms with van der Waals surface area (Å²) >= 11 is 0. The number of esters is 2. The second-order valence-corrected chi connectivity index (χ2v) is 10.5. The minimum atomic E-state index is -1.78. The number of unbranched alkanes of at least 4 members (excludes halogenated alkanes) is 2. The van der Waals surface area contributed by atoms with Gasteiger partial charge in [-0.25, -0.2) is 14.6 Å². The van der Waals surface area contributed by atoms with Crippen molar-refractivity contribution in [3.05, 3.63) is 61.6 Å². The summed E-state index contributed by atoms with van der Waals surface area (Å²) in [5, 5.41) is 14.6. The summed E-state index contributed by atoms with van der Waals surface area (Å²) < 4.78 is 18.3. The number of nitrogens with one attached hydrogen (secondary N) is 1. The third kappa shape index (κ3) is 5.91. The smallest absolute Gasteiger partial charge is 0.355 e. The minimum absolute atomic E-state index is 0.0768. The van der Waals surface area contributed by atoms with Gasteiger partial charge in [0.25, 0.3) is 5.56 Å². The fourth-order valence-corrected chi connectivity index (χ4v) is 5.76. The molecule has 2 aliphatic rings. The van der Waals surface area contributed by atoms with E-state index in [4.69, 9.17) is 19.2 Å². The Kier molecular flexibility index (Phi) is 10.0. The molecule has 0 aliphatic carbocycles. The molecule has 10 heteroatoms. The first-order valence-corrected chi connectivity index (χ1v) is 14.7. The molecule has 0 bridgehead atoms. The first-order chi connectivity index (χ1) is 20.2. The number of ether oxygens (including phenoxy) is 3. The number of rotatable bonds is 13. The molecule has 0 aromatic carbocycles. The molecule has 0 radical (unpaired) electrons. The summed E-state index contributed by atoms with van der Waals surface area (Å²) in [7, 11) is 0. The highest BCUT2D eigenvalue weighted by Crippen LogP contribution is 2.40. The van der Waals surface area contributed by atoms with Crippen molar-refractivity contribution in [3.8, 4) is 11.4 Å². The maximum Gasteiger partial charge on any atom is 0.355 e. The lowest BCUT2D eigenvalue weighted by atomic mass is 9.85. The van der Waals surface area contributed by atoms with Crippen LogP contribution in [0.5, 0.6) is 0 Å². The number of carbonyl (C=O) groups is 2. The Hall–Kier alpha value is -3.76. The van der Waals surface area contributed by atoms with Gasteiger partial charge in [-0.15, -0.1) is 0 Å². The first kappa shape index (κ1) is 31.2. The van der Waals surface area contributed by atoms with Crippen molar-refractivity contribution in [2.24, 2.45) is 0 Å². The quantitative estimate of drug-likeness (QED) is 0.178. The van der Waals surface area contributed by atoms with Crippen molar-refractivity contribution in [2.45, 2.75) is 78.6 Å². The summed E-state index contributed by atoms with van der Waals surface area (Å²) in [6, 6.07) is 1.74. The van der Waals surface area contributed by atoms with Gasteiger partial charge in [0, 0.05) is 22.9 Å². The summed E-state index contributed by atoms with van der Waals surface area (Å²) in [4.78, 5) is 44.8. The van der Waals surface area contributed by atoms with Gasteiger partial charge in [-0.1, -0.05) is 46.3 Å². The maximum absolute atomic E-state index is 13.8. The van der Waals surface area contributed by atoms with E-state index in [1.165, 1.54) is 0 Å². The molecule has 42 heavy (non-hydrogen) atoms. The molecule has 2 aromatic heterocycles. The molecule has 1 atom stereocenters. The van der Waals surface area contributed by atoms with E-state index in [0.29, 0.717) is 41.9 Å². The molecule has 0 unspecified atom stereocenters. The Morgan fingerprint density at radius 3 is 2.69 bits per heavy atom. The standard InChI is InChI=1S/C32H41N3O7/c1-6-10-11-12-33-13-14-40-19-28(37)42-32(9-4)25-16-27-29-23(17-35(27)30(38)24(25)18-41-31(32)39)21(7-2)22(15-20(5)36)26(8-3)34-29/h8,15-16,33,36H,5-7,9-14,17-19H2,1-4H3/b22-15-,26-8+/t32-/m0/s1. The van der Waals surface area contributed by atoms with Crippen molar-refractivity contribution in [1.82, 2.24) is 14.9 Å². The number of carbonyl (C=O) groups excluding carboxylic acids is 2. The van der Waals surface area contributed by atoms with Crippen LogP contribution in [-0.2, 0) is 49.0 Å². The number of hydrogen-bond donors (Lipinski definition) is 2. The second kappa shape index (κ2) is 13.5. The Balaban J connectivity index is 1.68. The van der Waals surface area contributed by atoms with E-state index in [9.17, 15) is 19.5 Å². The Labute approximate surface area is 245 Å². The van der Waals surface area contributed by atoms with Crippen LogP contribution in [0.25, 0.3) is 23.5 Å². The molecule has 0 fully saturated rings. The zero-order valence-electron chi connectivity index (χ0n) is 25.0. The zero-order valence-corrected chi connectivity index (χ0v) is 25.0. The summed E-state index contributed by atoms with van der Waals surface area (Å²) in [5.41, 5.74) is 1.44. The van der Waals surface area contributed by atoms with Crippen LogP contribution in [0, 0.1) is 0 Å². The molecule has 0 amide bonds. The molecule has 4 heterocycles. The number of aliphatic hydroxyl groups is 1. The Bertz CT molecular complexity index is 1560. The molecule has 2 aromatic rings. The minimum Gasteiger partial charge on any atom is -0.509 e. The monoisotopic (exact) mass is 579 g/mol. The average molecular weight is 580 g/mol. The van der Waals surface area contributed by atoms with Gasteiger partial charge >= 0.3 is 11.9 Å². The average Bonchev–Trinajstić information content (AvgIpc) is 3.34. The number of hydrogen-bond acceptors (Lipinski definition) is 9. The van der Waals surface area contributed by atoms with Gasteiger partial charge in [-0.2, -0.15) is 0 Å². The van der Waals surface area contributed by atoms with Gasteiger partial charge in [0.15, 0.2) is 0 Å². The molecule has 4 rings (SSSR count). The van der Waals surface area contributed by atoms with Crippen LogP contribution in [0.1, 0.15) is 75.6 Å². The van der Waals surface area contributed by atoms with Gasteiger partial charge in [-0.3, -0.25) is 4.79 Å².